The van der Waals surface area contributed by atoms with Crippen LogP contribution in [0.4, 0.5) is 0 Å². The summed E-state index contributed by atoms with van der Waals surface area (Å²) in [5, 5.41) is 115. The van der Waals surface area contributed by atoms with Crippen molar-refractivity contribution >= 4 is 37.0 Å². The Bertz CT molecular complexity index is 2910. The number of ether oxygens (including phenoxy) is 11. The number of carbonyl (C=O) groups excluding carboxylic acids is 1. The summed E-state index contributed by atoms with van der Waals surface area (Å²) in [6.07, 6.45) is -41.9. The Kier molecular flexibility index (Phi) is 21.6. The molecule has 4 aliphatic carbocycles. The summed E-state index contributed by atoms with van der Waals surface area (Å²) >= 11 is 0. The van der Waals surface area contributed by atoms with Gasteiger partial charge in [0.2, 0.25) is 0 Å². The van der Waals surface area contributed by atoms with Gasteiger partial charge in [0, 0.05) is 18.9 Å². The lowest BCUT2D eigenvalue weighted by molar-refractivity contribution is -0.403. The van der Waals surface area contributed by atoms with E-state index in [-0.39, 0.29) is 29.0 Å². The monoisotopic (exact) mass is 1360 g/mol. The predicted octanol–water partition coefficient (Wildman–Crippen LogP) is -3.93. The first-order valence-electron chi connectivity index (χ1n) is 29.6. The number of fused-ring (bicyclic) bond motifs is 5. The zero-order chi connectivity index (χ0) is 66.5. The highest BCUT2D eigenvalue weighted by Gasteiger charge is 2.68. The molecule has 3 saturated carbocycles. The quantitative estimate of drug-likeness (QED) is 0.0315. The molecular weight excluding hydrogens is 1280 g/mol. The second kappa shape index (κ2) is 26.9. The number of rotatable bonds is 20. The van der Waals surface area contributed by atoms with Crippen LogP contribution in [0.25, 0.3) is 0 Å². The minimum absolute atomic E-state index is 0.118. The minimum Gasteiger partial charge on any atom is -0.392 e. The molecule has 0 bridgehead atoms. The number of allylic oxidation sites excluding steroid dienone is 1. The molecule has 90 heavy (non-hydrogen) atoms. The zero-order valence-corrected chi connectivity index (χ0v) is 52.9. The fourth-order valence-electron chi connectivity index (χ4n) is 16.0. The Labute approximate surface area is 519 Å². The summed E-state index contributed by atoms with van der Waals surface area (Å²) < 4.78 is 179. The lowest BCUT2D eigenvalue weighted by Gasteiger charge is -2.65. The topological polar surface area (TPSA) is 512 Å². The average molecular weight is 1360 g/mol. The van der Waals surface area contributed by atoms with E-state index in [0.717, 1.165) is 19.1 Å². The van der Waals surface area contributed by atoms with Crippen molar-refractivity contribution in [3.05, 3.63) is 11.6 Å². The lowest BCUT2D eigenvalue weighted by Crippen LogP contribution is -2.68. The number of ketones is 1. The molecule has 0 radical (unpaired) electrons. The molecule has 0 aromatic carbocycles. The van der Waals surface area contributed by atoms with Crippen molar-refractivity contribution in [2.24, 2.45) is 39.4 Å². The van der Waals surface area contributed by atoms with E-state index in [1.807, 2.05) is 13.8 Å². The molecule has 520 valence electrons. The molecule has 0 amide bonds. The van der Waals surface area contributed by atoms with Crippen molar-refractivity contribution in [1.29, 1.82) is 0 Å². The van der Waals surface area contributed by atoms with E-state index in [4.69, 9.17) is 56.3 Å². The minimum atomic E-state index is -5.33. The molecule has 8 fully saturated rings. The van der Waals surface area contributed by atoms with E-state index in [1.54, 1.807) is 6.92 Å². The van der Waals surface area contributed by atoms with Crippen molar-refractivity contribution < 1.29 is 159 Å². The smallest absolute Gasteiger partial charge is 0.392 e. The van der Waals surface area contributed by atoms with E-state index in [1.165, 1.54) is 6.92 Å². The van der Waals surface area contributed by atoms with Gasteiger partial charge in [-0.05, 0) is 80.0 Å². The van der Waals surface area contributed by atoms with Crippen LogP contribution in [-0.2, 0) is 101 Å². The first kappa shape index (κ1) is 72.4. The Morgan fingerprint density at radius 1 is 0.567 bits per heavy atom. The third-order valence-corrected chi connectivity index (χ3v) is 22.2. The number of hydrogen-bond acceptors (Lipinski definition) is 31. The van der Waals surface area contributed by atoms with Crippen LogP contribution in [0.15, 0.2) is 11.6 Å². The Balaban J connectivity index is 1.00. The summed E-state index contributed by atoms with van der Waals surface area (Å²) in [6, 6.07) is 0. The summed E-state index contributed by atoms with van der Waals surface area (Å²) in [4.78, 5) is 13.0. The van der Waals surface area contributed by atoms with Gasteiger partial charge in [0.05, 0.1) is 44.7 Å². The number of carbonyl (C=O) groups is 1. The largest absolute Gasteiger partial charge is 0.397 e. The Morgan fingerprint density at radius 3 is 1.69 bits per heavy atom. The predicted molar refractivity (Wildman–Crippen MR) is 293 cm³/mol. The maximum absolute atomic E-state index is 13.0. The molecule has 0 aromatic heterocycles. The average Bonchev–Trinajstić information content (AvgIpc) is 1.25. The van der Waals surface area contributed by atoms with Gasteiger partial charge in [-0.1, -0.05) is 46.3 Å². The molecule has 31 unspecified atom stereocenters. The highest BCUT2D eigenvalue weighted by Crippen LogP contribution is 2.72. The van der Waals surface area contributed by atoms with Gasteiger partial charge in [-0.15, -0.1) is 0 Å². The van der Waals surface area contributed by atoms with Crippen molar-refractivity contribution in [1.82, 2.24) is 0 Å². The second-order valence-corrected chi connectivity index (χ2v) is 29.6. The molecule has 5 heterocycles. The third-order valence-electron chi connectivity index (χ3n) is 20.9. The van der Waals surface area contributed by atoms with Gasteiger partial charge in [0.15, 0.2) is 31.5 Å². The van der Waals surface area contributed by atoms with Crippen LogP contribution in [0.1, 0.15) is 87.0 Å². The van der Waals surface area contributed by atoms with Crippen molar-refractivity contribution in [2.45, 2.75) is 241 Å². The fourth-order valence-corrected chi connectivity index (χ4v) is 17.1. The van der Waals surface area contributed by atoms with Crippen LogP contribution in [0, 0.1) is 39.4 Å². The molecule has 37 heteroatoms. The molecule has 13 N–H and O–H groups in total. The van der Waals surface area contributed by atoms with Crippen LogP contribution in [-0.4, -0.2) is 283 Å². The molecule has 9 rings (SSSR count). The SMILES string of the molecule is COC1C(O)C(COS(=O)(=O)O)OC(OC2C(O)C(COS(=O)(=O)O)OC(OC3C(C)OC(OC4C(OC5CCC6(C)C7=CCC8(C)C(C(C)=O)CCC8(C)C7C(O)CC6C5(C)C)OCC(OS(=O)(=O)O)C4O)C(OC4OCC(O)C(O)C4O)C3O)C2O)C1O. The second-order valence-electron chi connectivity index (χ2n) is 26.4. The molecule has 5 saturated heterocycles. The van der Waals surface area contributed by atoms with Gasteiger partial charge in [0.25, 0.3) is 0 Å². The van der Waals surface area contributed by atoms with Crippen LogP contribution in [0.3, 0.4) is 0 Å². The van der Waals surface area contributed by atoms with E-state index >= 15 is 0 Å². The Hall–Kier alpha value is -1.82. The van der Waals surface area contributed by atoms with Gasteiger partial charge >= 0.3 is 31.2 Å². The summed E-state index contributed by atoms with van der Waals surface area (Å²) in [6.45, 7) is 9.48. The first-order chi connectivity index (χ1) is 41.7. The normalized spacial score (nSPS) is 49.2. The number of aliphatic hydroxyl groups is 10. The van der Waals surface area contributed by atoms with Gasteiger partial charge in [-0.3, -0.25) is 18.5 Å². The number of methoxy groups -OCH3 is 1. The fraction of sp³-hybridized carbons (Fsp3) is 0.943. The Morgan fingerprint density at radius 2 is 1.11 bits per heavy atom. The van der Waals surface area contributed by atoms with Crippen molar-refractivity contribution in [2.75, 3.05) is 33.5 Å². The maximum atomic E-state index is 13.0. The zero-order valence-electron chi connectivity index (χ0n) is 50.4. The highest BCUT2D eigenvalue weighted by molar-refractivity contribution is 7.81. The molecule has 0 aromatic rings. The maximum Gasteiger partial charge on any atom is 0.397 e. The third kappa shape index (κ3) is 14.2. The van der Waals surface area contributed by atoms with Crippen LogP contribution in [0.2, 0.25) is 0 Å². The molecule has 34 nitrogen and oxygen atoms in total. The first-order valence-corrected chi connectivity index (χ1v) is 33.7. The van der Waals surface area contributed by atoms with Crippen LogP contribution >= 0.6 is 0 Å². The van der Waals surface area contributed by atoms with E-state index in [0.29, 0.717) is 32.1 Å². The van der Waals surface area contributed by atoms with Crippen molar-refractivity contribution in [3.8, 4) is 0 Å². The number of hydrogen-bond donors (Lipinski definition) is 13. The van der Waals surface area contributed by atoms with Gasteiger partial charge in [-0.2, -0.15) is 25.3 Å². The molecular formula is C53H86O34S3. The van der Waals surface area contributed by atoms with Crippen LogP contribution in [0.5, 0.6) is 0 Å². The standard InChI is InChI=1S/C53H86O34S3/c1-20(54)22-9-14-53(7)31-23(10-13-52(22,53)6)51(5)12-11-30(50(3,4)29(51)15-24(31)55)82-48-43(35(60)28(17-76-48)87-90(71,72)73)86-49-44(85-45-36(61)32(57)25(56)16-75-45)37(62)40(21(2)79-49)83-47-39(64)42(34(59)27(81-47)19-78-89(68,69)70)84-46-38(63)41(74-8)33(58)26(80-46)18-77-88(65,66)67/h10,21-22,24-49,55-64H,9,11-19H2,1-8H3,(H,65,66,67)(H,68,69,70)(H,71,72,73). The number of aliphatic hydroxyl groups excluding tert-OH is 10. The summed E-state index contributed by atoms with van der Waals surface area (Å²) in [7, 11) is -14.8. The van der Waals surface area contributed by atoms with Gasteiger partial charge in [-0.25, -0.2) is 12.5 Å². The lowest BCUT2D eigenvalue weighted by atomic mass is 9.40. The van der Waals surface area contributed by atoms with Gasteiger partial charge < -0.3 is 103 Å². The molecule has 0 spiro atoms. The van der Waals surface area contributed by atoms with Gasteiger partial charge in [0.1, 0.15) is 110 Å². The number of Topliss-reactive ketones (excluding diaryl/α,β-unsaturated/α-hetero) is 1. The summed E-state index contributed by atoms with van der Waals surface area (Å²) in [5.74, 6) is -0.548. The molecule has 9 aliphatic rings. The van der Waals surface area contributed by atoms with E-state index in [2.05, 4.69) is 35.2 Å². The van der Waals surface area contributed by atoms with E-state index < -0.39 is 227 Å². The summed E-state index contributed by atoms with van der Waals surface area (Å²) in [5.41, 5.74) is -0.970. The van der Waals surface area contributed by atoms with E-state index in [9.17, 15) is 94.8 Å². The van der Waals surface area contributed by atoms with Crippen LogP contribution < -0.4 is 0 Å². The van der Waals surface area contributed by atoms with Crippen molar-refractivity contribution in [3.63, 3.8) is 0 Å². The molecule has 5 aliphatic heterocycles. The molecule has 31 atom stereocenters. The highest BCUT2D eigenvalue weighted by atomic mass is 32.3.